The van der Waals surface area contributed by atoms with Crippen LogP contribution in [-0.4, -0.2) is 34.7 Å². The highest BCUT2D eigenvalue weighted by atomic mass is 16.6. The quantitative estimate of drug-likeness (QED) is 0.595. The van der Waals surface area contributed by atoms with Crippen LogP contribution in [-0.2, 0) is 16.8 Å². The largest absolute Gasteiger partial charge is 0.341 e. The molecule has 0 aliphatic carbocycles. The molecule has 0 saturated carbocycles. The number of likely N-dealkylation sites (N-methyl/N-ethyl adjacent to an activating group) is 1. The summed E-state index contributed by atoms with van der Waals surface area (Å²) < 4.78 is 0. The zero-order chi connectivity index (χ0) is 21.8. The van der Waals surface area contributed by atoms with E-state index in [1.54, 1.807) is 44.3 Å². The van der Waals surface area contributed by atoms with Crippen LogP contribution in [0.3, 0.4) is 0 Å². The third-order valence-electron chi connectivity index (χ3n) is 4.70. The van der Waals surface area contributed by atoms with Crippen LogP contribution >= 0.6 is 0 Å². The smallest absolute Gasteiger partial charge is 0.274 e. The van der Waals surface area contributed by atoms with Gasteiger partial charge in [0.1, 0.15) is 6.04 Å². The number of nitro benzene ring substituents is 1. The minimum atomic E-state index is -0.766. The molecule has 1 atom stereocenters. The molecular formula is C22H27N3O4. The maximum absolute atomic E-state index is 12.6. The molecule has 7 nitrogen and oxygen atoms in total. The van der Waals surface area contributed by atoms with Gasteiger partial charge in [-0.25, -0.2) is 0 Å². The minimum absolute atomic E-state index is 0.0129. The summed E-state index contributed by atoms with van der Waals surface area (Å²) in [6.45, 7) is 7.96. The van der Waals surface area contributed by atoms with Gasteiger partial charge in [-0.1, -0.05) is 51.1 Å². The predicted molar refractivity (Wildman–Crippen MR) is 112 cm³/mol. The average Bonchev–Trinajstić information content (AvgIpc) is 2.66. The van der Waals surface area contributed by atoms with Crippen molar-refractivity contribution in [3.05, 3.63) is 75.3 Å². The monoisotopic (exact) mass is 397 g/mol. The Bertz CT molecular complexity index is 901. The van der Waals surface area contributed by atoms with E-state index in [9.17, 15) is 19.7 Å². The third-order valence-corrected chi connectivity index (χ3v) is 4.70. The first-order valence-electron chi connectivity index (χ1n) is 9.39. The fourth-order valence-corrected chi connectivity index (χ4v) is 2.95. The second kappa shape index (κ2) is 8.86. The van der Waals surface area contributed by atoms with Crippen molar-refractivity contribution < 1.29 is 14.5 Å². The van der Waals surface area contributed by atoms with Crippen LogP contribution in [0.4, 0.5) is 5.69 Å². The van der Waals surface area contributed by atoms with Crippen molar-refractivity contribution in [3.63, 3.8) is 0 Å². The molecule has 154 valence electrons. The molecule has 2 rings (SSSR count). The van der Waals surface area contributed by atoms with Crippen LogP contribution in [0.1, 0.15) is 49.2 Å². The van der Waals surface area contributed by atoms with Gasteiger partial charge in [0.15, 0.2) is 0 Å². The molecule has 0 heterocycles. The number of nitro groups is 1. The Morgan fingerprint density at radius 1 is 1.10 bits per heavy atom. The molecule has 0 aromatic heterocycles. The molecule has 0 aliphatic heterocycles. The number of rotatable bonds is 6. The molecule has 2 aromatic carbocycles. The average molecular weight is 397 g/mol. The van der Waals surface area contributed by atoms with E-state index in [1.807, 2.05) is 12.1 Å². The Hall–Kier alpha value is -3.22. The van der Waals surface area contributed by atoms with Crippen molar-refractivity contribution in [1.29, 1.82) is 0 Å². The zero-order valence-electron chi connectivity index (χ0n) is 17.4. The lowest BCUT2D eigenvalue weighted by Crippen LogP contribution is -2.45. The topological polar surface area (TPSA) is 92.6 Å². The number of amides is 2. The van der Waals surface area contributed by atoms with Gasteiger partial charge in [-0.2, -0.15) is 0 Å². The number of hydrogen-bond donors (Lipinski definition) is 1. The van der Waals surface area contributed by atoms with Crippen molar-refractivity contribution >= 4 is 17.5 Å². The Morgan fingerprint density at radius 3 is 2.24 bits per heavy atom. The van der Waals surface area contributed by atoms with E-state index in [2.05, 4.69) is 26.1 Å². The lowest BCUT2D eigenvalue weighted by molar-refractivity contribution is -0.385. The summed E-state index contributed by atoms with van der Waals surface area (Å²) in [6, 6.07) is 12.8. The molecule has 1 N–H and O–H groups in total. The molecule has 2 aromatic rings. The minimum Gasteiger partial charge on any atom is -0.341 e. The van der Waals surface area contributed by atoms with Crippen molar-refractivity contribution in [3.8, 4) is 0 Å². The fraction of sp³-hybridized carbons (Fsp3) is 0.364. The molecule has 0 radical (unpaired) electrons. The maximum Gasteiger partial charge on any atom is 0.274 e. The van der Waals surface area contributed by atoms with E-state index < -0.39 is 11.0 Å². The van der Waals surface area contributed by atoms with E-state index in [1.165, 1.54) is 11.0 Å². The van der Waals surface area contributed by atoms with E-state index in [-0.39, 0.29) is 29.5 Å². The van der Waals surface area contributed by atoms with Crippen LogP contribution in [0.15, 0.2) is 48.5 Å². The number of nitrogens with one attached hydrogen (secondary N) is 1. The number of carbonyl (C=O) groups is 2. The van der Waals surface area contributed by atoms with Gasteiger partial charge in [-0.05, 0) is 30.0 Å². The van der Waals surface area contributed by atoms with Crippen molar-refractivity contribution in [1.82, 2.24) is 10.2 Å². The summed E-state index contributed by atoms with van der Waals surface area (Å²) >= 11 is 0. The number of carbonyl (C=O) groups excluding carboxylic acids is 2. The molecule has 1 unspecified atom stereocenters. The molecule has 7 heteroatoms. The Labute approximate surface area is 170 Å². The summed E-state index contributed by atoms with van der Waals surface area (Å²) in [5.41, 5.74) is 1.97. The van der Waals surface area contributed by atoms with E-state index >= 15 is 0 Å². The Kier molecular flexibility index (Phi) is 6.74. The summed E-state index contributed by atoms with van der Waals surface area (Å²) in [6.07, 6.45) is 0. The Balaban J connectivity index is 2.03. The molecule has 0 bridgehead atoms. The normalized spacial score (nSPS) is 12.2. The molecule has 0 spiro atoms. The molecule has 0 aliphatic rings. The second-order valence-corrected chi connectivity index (χ2v) is 8.10. The van der Waals surface area contributed by atoms with Crippen LogP contribution in [0, 0.1) is 10.1 Å². The van der Waals surface area contributed by atoms with Crippen molar-refractivity contribution in [2.45, 2.75) is 45.7 Å². The second-order valence-electron chi connectivity index (χ2n) is 8.10. The molecule has 0 saturated heterocycles. The van der Waals surface area contributed by atoms with Gasteiger partial charge in [0.25, 0.3) is 11.6 Å². The van der Waals surface area contributed by atoms with Gasteiger partial charge in [0.2, 0.25) is 5.91 Å². The van der Waals surface area contributed by atoms with Gasteiger partial charge in [0.05, 0.1) is 11.5 Å². The van der Waals surface area contributed by atoms with Crippen LogP contribution in [0.25, 0.3) is 0 Å². The van der Waals surface area contributed by atoms with Gasteiger partial charge in [0, 0.05) is 24.2 Å². The first kappa shape index (κ1) is 22.1. The third kappa shape index (κ3) is 5.63. The van der Waals surface area contributed by atoms with E-state index in [0.717, 1.165) is 5.56 Å². The maximum atomic E-state index is 12.6. The van der Waals surface area contributed by atoms with E-state index in [4.69, 9.17) is 0 Å². The summed E-state index contributed by atoms with van der Waals surface area (Å²) in [5, 5.41) is 13.8. The fourth-order valence-electron chi connectivity index (χ4n) is 2.95. The first-order valence-corrected chi connectivity index (χ1v) is 9.39. The van der Waals surface area contributed by atoms with Crippen LogP contribution in [0.2, 0.25) is 0 Å². The lowest BCUT2D eigenvalue weighted by atomic mass is 9.86. The highest BCUT2D eigenvalue weighted by Gasteiger charge is 2.23. The standard InChI is InChI=1S/C22H27N3O4/c1-15(23-20(26)16-10-12-18(13-11-16)22(2,3)4)21(27)24(5)14-17-8-6-7-9-19(17)25(28)29/h6-13,15H,14H2,1-5H3,(H,23,26). The SMILES string of the molecule is CC(NC(=O)c1ccc(C(C)(C)C)cc1)C(=O)N(C)Cc1ccccc1[N+](=O)[O-]. The Morgan fingerprint density at radius 2 is 1.69 bits per heavy atom. The van der Waals surface area contributed by atoms with Gasteiger partial charge < -0.3 is 10.2 Å². The predicted octanol–water partition coefficient (Wildman–Crippen LogP) is 3.67. The van der Waals surface area contributed by atoms with Crippen molar-refractivity contribution in [2.75, 3.05) is 7.05 Å². The zero-order valence-corrected chi connectivity index (χ0v) is 17.4. The lowest BCUT2D eigenvalue weighted by Gasteiger charge is -2.22. The molecule has 0 fully saturated rings. The molecule has 2 amide bonds. The molecular weight excluding hydrogens is 370 g/mol. The summed E-state index contributed by atoms with van der Waals surface area (Å²) in [5.74, 6) is -0.673. The highest BCUT2D eigenvalue weighted by Crippen LogP contribution is 2.22. The van der Waals surface area contributed by atoms with Crippen LogP contribution in [0.5, 0.6) is 0 Å². The number of benzene rings is 2. The van der Waals surface area contributed by atoms with E-state index in [0.29, 0.717) is 11.1 Å². The van der Waals surface area contributed by atoms with Gasteiger partial charge >= 0.3 is 0 Å². The number of para-hydroxylation sites is 1. The number of nitrogens with zero attached hydrogens (tertiary/aromatic N) is 2. The van der Waals surface area contributed by atoms with Gasteiger partial charge in [-0.15, -0.1) is 0 Å². The first-order chi connectivity index (χ1) is 13.5. The highest BCUT2D eigenvalue weighted by molar-refractivity contribution is 5.97. The number of hydrogen-bond acceptors (Lipinski definition) is 4. The summed E-state index contributed by atoms with van der Waals surface area (Å²) in [4.78, 5) is 37.1. The van der Waals surface area contributed by atoms with Crippen LogP contribution < -0.4 is 5.32 Å². The van der Waals surface area contributed by atoms with Crippen molar-refractivity contribution in [2.24, 2.45) is 0 Å². The molecule has 29 heavy (non-hydrogen) atoms. The summed E-state index contributed by atoms with van der Waals surface area (Å²) in [7, 11) is 1.56. The van der Waals surface area contributed by atoms with Gasteiger partial charge in [-0.3, -0.25) is 19.7 Å².